The van der Waals surface area contributed by atoms with Gasteiger partial charge in [0.2, 0.25) is 0 Å². The van der Waals surface area contributed by atoms with E-state index in [0.717, 1.165) is 22.6 Å². The second-order valence-electron chi connectivity index (χ2n) is 4.27. The summed E-state index contributed by atoms with van der Waals surface area (Å²) in [5, 5.41) is 9.31. The van der Waals surface area contributed by atoms with Gasteiger partial charge in [-0.05, 0) is 32.3 Å². The van der Waals surface area contributed by atoms with Gasteiger partial charge >= 0.3 is 0 Å². The first kappa shape index (κ1) is 9.78. The van der Waals surface area contributed by atoms with E-state index in [0.29, 0.717) is 5.92 Å². The average molecular weight is 194 g/mol. The lowest BCUT2D eigenvalue weighted by atomic mass is 9.99. The van der Waals surface area contributed by atoms with Crippen molar-refractivity contribution in [2.45, 2.75) is 52.1 Å². The van der Waals surface area contributed by atoms with Gasteiger partial charge in [0.15, 0.2) is 0 Å². The SMILES string of the molecule is Cc1oc(C2CCCC2)c(CO)c1C. The number of aryl methyl sites for hydroxylation is 1. The summed E-state index contributed by atoms with van der Waals surface area (Å²) in [6, 6.07) is 0. The van der Waals surface area contributed by atoms with E-state index in [1.807, 2.05) is 13.8 Å². The highest BCUT2D eigenvalue weighted by Crippen LogP contribution is 2.38. The lowest BCUT2D eigenvalue weighted by Gasteiger charge is -2.07. The smallest absolute Gasteiger partial charge is 0.113 e. The minimum atomic E-state index is 0.120. The molecule has 2 nitrogen and oxygen atoms in total. The highest BCUT2D eigenvalue weighted by Gasteiger charge is 2.25. The molecule has 14 heavy (non-hydrogen) atoms. The fourth-order valence-corrected chi connectivity index (χ4v) is 2.41. The van der Waals surface area contributed by atoms with Crippen LogP contribution < -0.4 is 0 Å². The molecule has 0 radical (unpaired) electrons. The Morgan fingerprint density at radius 2 is 1.93 bits per heavy atom. The molecule has 0 spiro atoms. The maximum atomic E-state index is 9.31. The third-order valence-corrected chi connectivity index (χ3v) is 3.43. The molecule has 78 valence electrons. The average Bonchev–Trinajstić information content (AvgIpc) is 2.76. The van der Waals surface area contributed by atoms with Crippen LogP contribution in [0.1, 0.15) is 54.2 Å². The fraction of sp³-hybridized carbons (Fsp3) is 0.667. The summed E-state index contributed by atoms with van der Waals surface area (Å²) >= 11 is 0. The Morgan fingerprint density at radius 1 is 1.29 bits per heavy atom. The van der Waals surface area contributed by atoms with Crippen molar-refractivity contribution in [3.63, 3.8) is 0 Å². The summed E-state index contributed by atoms with van der Waals surface area (Å²) in [5.41, 5.74) is 2.17. The van der Waals surface area contributed by atoms with Gasteiger partial charge in [-0.1, -0.05) is 12.8 Å². The summed E-state index contributed by atoms with van der Waals surface area (Å²) in [6.45, 7) is 4.13. The van der Waals surface area contributed by atoms with Crippen molar-refractivity contribution in [3.8, 4) is 0 Å². The van der Waals surface area contributed by atoms with E-state index < -0.39 is 0 Å². The lowest BCUT2D eigenvalue weighted by molar-refractivity contribution is 0.275. The molecule has 1 aliphatic rings. The molecule has 0 atom stereocenters. The van der Waals surface area contributed by atoms with Gasteiger partial charge in [-0.3, -0.25) is 0 Å². The van der Waals surface area contributed by atoms with E-state index >= 15 is 0 Å². The van der Waals surface area contributed by atoms with Crippen molar-refractivity contribution in [1.82, 2.24) is 0 Å². The van der Waals surface area contributed by atoms with Crippen LogP contribution in [0.15, 0.2) is 4.42 Å². The van der Waals surface area contributed by atoms with E-state index in [1.165, 1.54) is 25.7 Å². The molecule has 0 bridgehead atoms. The van der Waals surface area contributed by atoms with E-state index in [-0.39, 0.29) is 6.61 Å². The molecular weight excluding hydrogens is 176 g/mol. The third kappa shape index (κ3) is 1.48. The summed E-state index contributed by atoms with van der Waals surface area (Å²) in [4.78, 5) is 0. The molecule has 0 aliphatic heterocycles. The van der Waals surface area contributed by atoms with Crippen LogP contribution >= 0.6 is 0 Å². The maximum absolute atomic E-state index is 9.31. The molecule has 1 N–H and O–H groups in total. The van der Waals surface area contributed by atoms with Gasteiger partial charge in [-0.2, -0.15) is 0 Å². The normalized spacial score (nSPS) is 17.9. The molecule has 0 aromatic carbocycles. The molecular formula is C12H18O2. The van der Waals surface area contributed by atoms with Gasteiger partial charge < -0.3 is 9.52 Å². The number of rotatable bonds is 2. The van der Waals surface area contributed by atoms with Crippen molar-refractivity contribution < 1.29 is 9.52 Å². The summed E-state index contributed by atoms with van der Waals surface area (Å²) < 4.78 is 5.76. The van der Waals surface area contributed by atoms with E-state index in [4.69, 9.17) is 4.42 Å². The highest BCUT2D eigenvalue weighted by atomic mass is 16.3. The second kappa shape index (κ2) is 3.77. The van der Waals surface area contributed by atoms with Gasteiger partial charge in [0.1, 0.15) is 11.5 Å². The van der Waals surface area contributed by atoms with E-state index in [2.05, 4.69) is 0 Å². The minimum Gasteiger partial charge on any atom is -0.465 e. The zero-order valence-corrected chi connectivity index (χ0v) is 8.97. The molecule has 1 aromatic rings. The van der Waals surface area contributed by atoms with Gasteiger partial charge in [-0.25, -0.2) is 0 Å². The first-order valence-electron chi connectivity index (χ1n) is 5.43. The van der Waals surface area contributed by atoms with Gasteiger partial charge in [0.05, 0.1) is 6.61 Å². The molecule has 1 aromatic heterocycles. The Kier molecular flexibility index (Phi) is 2.64. The molecule has 0 unspecified atom stereocenters. The molecule has 1 saturated carbocycles. The highest BCUT2D eigenvalue weighted by molar-refractivity contribution is 5.33. The second-order valence-corrected chi connectivity index (χ2v) is 4.27. The standard InChI is InChI=1S/C12H18O2/c1-8-9(2)14-12(11(8)7-13)10-5-3-4-6-10/h10,13H,3-7H2,1-2H3. The topological polar surface area (TPSA) is 33.4 Å². The first-order chi connectivity index (χ1) is 6.74. The zero-order valence-electron chi connectivity index (χ0n) is 8.97. The van der Waals surface area contributed by atoms with Crippen molar-refractivity contribution in [3.05, 3.63) is 22.6 Å². The zero-order chi connectivity index (χ0) is 10.1. The van der Waals surface area contributed by atoms with Crippen LogP contribution in [0.2, 0.25) is 0 Å². The summed E-state index contributed by atoms with van der Waals surface area (Å²) in [5.74, 6) is 2.58. The van der Waals surface area contributed by atoms with Crippen LogP contribution in [0.5, 0.6) is 0 Å². The van der Waals surface area contributed by atoms with Gasteiger partial charge in [-0.15, -0.1) is 0 Å². The summed E-state index contributed by atoms with van der Waals surface area (Å²) in [6.07, 6.45) is 5.04. The Bertz CT molecular complexity index is 319. The Hall–Kier alpha value is -0.760. The van der Waals surface area contributed by atoms with Crippen LogP contribution in [-0.4, -0.2) is 5.11 Å². The number of hydrogen-bond acceptors (Lipinski definition) is 2. The Balaban J connectivity index is 2.36. The predicted octanol–water partition coefficient (Wildman–Crippen LogP) is 3.05. The van der Waals surface area contributed by atoms with Crippen molar-refractivity contribution >= 4 is 0 Å². The quantitative estimate of drug-likeness (QED) is 0.785. The molecule has 1 aliphatic carbocycles. The molecule has 0 amide bonds. The van der Waals surface area contributed by atoms with Crippen molar-refractivity contribution in [1.29, 1.82) is 0 Å². The first-order valence-corrected chi connectivity index (χ1v) is 5.43. The number of furan rings is 1. The lowest BCUT2D eigenvalue weighted by Crippen LogP contribution is -1.96. The monoisotopic (exact) mass is 194 g/mol. The van der Waals surface area contributed by atoms with Crippen molar-refractivity contribution in [2.24, 2.45) is 0 Å². The fourth-order valence-electron chi connectivity index (χ4n) is 2.41. The number of aliphatic hydroxyl groups excluding tert-OH is 1. The number of hydrogen-bond donors (Lipinski definition) is 1. The van der Waals surface area contributed by atoms with Crippen LogP contribution in [0.4, 0.5) is 0 Å². The van der Waals surface area contributed by atoms with Gasteiger partial charge in [0.25, 0.3) is 0 Å². The van der Waals surface area contributed by atoms with Crippen LogP contribution in [0.3, 0.4) is 0 Å². The third-order valence-electron chi connectivity index (χ3n) is 3.43. The Labute approximate surface area is 84.9 Å². The minimum absolute atomic E-state index is 0.120. The molecule has 1 fully saturated rings. The van der Waals surface area contributed by atoms with E-state index in [1.54, 1.807) is 0 Å². The van der Waals surface area contributed by atoms with Crippen LogP contribution in [-0.2, 0) is 6.61 Å². The largest absolute Gasteiger partial charge is 0.465 e. The predicted molar refractivity (Wildman–Crippen MR) is 55.3 cm³/mol. The molecule has 1 heterocycles. The van der Waals surface area contributed by atoms with Crippen LogP contribution in [0, 0.1) is 13.8 Å². The Morgan fingerprint density at radius 3 is 2.50 bits per heavy atom. The summed E-state index contributed by atoms with van der Waals surface area (Å²) in [7, 11) is 0. The van der Waals surface area contributed by atoms with Crippen LogP contribution in [0.25, 0.3) is 0 Å². The van der Waals surface area contributed by atoms with E-state index in [9.17, 15) is 5.11 Å². The number of aliphatic hydroxyl groups is 1. The molecule has 2 rings (SSSR count). The maximum Gasteiger partial charge on any atom is 0.113 e. The van der Waals surface area contributed by atoms with Gasteiger partial charge in [0, 0.05) is 11.5 Å². The molecule has 0 saturated heterocycles. The molecule has 2 heteroatoms. The van der Waals surface area contributed by atoms with Crippen molar-refractivity contribution in [2.75, 3.05) is 0 Å².